The number of benzene rings is 3. The third kappa shape index (κ3) is 3.48. The molecule has 0 aliphatic rings. The normalized spacial score (nSPS) is 11.2. The minimum absolute atomic E-state index is 0.137. The molecule has 0 saturated heterocycles. The number of fused-ring (bicyclic) bond motifs is 2. The minimum atomic E-state index is -0.326. The first-order valence-corrected chi connectivity index (χ1v) is 11.0. The lowest BCUT2D eigenvalue weighted by Gasteiger charge is -2.14. The number of rotatable bonds is 4. The number of methoxy groups -OCH3 is 1. The van der Waals surface area contributed by atoms with Crippen LogP contribution in [0, 0.1) is 6.92 Å². The van der Waals surface area contributed by atoms with E-state index < -0.39 is 0 Å². The fraction of sp³-hybridized carbons (Fsp3) is 0.115. The molecule has 6 heteroatoms. The summed E-state index contributed by atoms with van der Waals surface area (Å²) in [5, 5.41) is 0.682. The third-order valence-corrected chi connectivity index (χ3v) is 6.58. The van der Waals surface area contributed by atoms with Gasteiger partial charge < -0.3 is 4.74 Å². The van der Waals surface area contributed by atoms with Gasteiger partial charge in [-0.15, -0.1) is 11.3 Å². The molecular formula is C26H20N2O3S. The van der Waals surface area contributed by atoms with Crippen molar-refractivity contribution in [2.75, 3.05) is 7.11 Å². The Bertz CT molecular complexity index is 1570. The van der Waals surface area contributed by atoms with Crippen molar-refractivity contribution in [2.24, 2.45) is 0 Å². The van der Waals surface area contributed by atoms with E-state index >= 15 is 0 Å². The van der Waals surface area contributed by atoms with Crippen LogP contribution in [-0.4, -0.2) is 16.7 Å². The zero-order chi connectivity index (χ0) is 22.2. The van der Waals surface area contributed by atoms with Gasteiger partial charge in [0.15, 0.2) is 0 Å². The van der Waals surface area contributed by atoms with Crippen molar-refractivity contribution in [2.45, 2.75) is 13.5 Å². The van der Waals surface area contributed by atoms with Gasteiger partial charge in [0.1, 0.15) is 21.8 Å². The van der Waals surface area contributed by atoms with Crippen LogP contribution in [0.5, 0.6) is 5.75 Å². The number of ether oxygens (including phenoxy) is 1. The molecule has 0 N–H and O–H groups in total. The first-order valence-electron chi connectivity index (χ1n) is 10.2. The Kier molecular flexibility index (Phi) is 5.07. The highest BCUT2D eigenvalue weighted by Gasteiger charge is 2.18. The van der Waals surface area contributed by atoms with Crippen LogP contribution >= 0.6 is 11.3 Å². The first-order chi connectivity index (χ1) is 15.5. The summed E-state index contributed by atoms with van der Waals surface area (Å²) in [4.78, 5) is 32.2. The Balaban J connectivity index is 1.80. The third-order valence-electron chi connectivity index (χ3n) is 5.51. The molecule has 0 fully saturated rings. The number of nitrogens with zero attached hydrogens (tertiary/aromatic N) is 2. The number of hydrogen-bond donors (Lipinski definition) is 0. The van der Waals surface area contributed by atoms with E-state index in [2.05, 4.69) is 0 Å². The van der Waals surface area contributed by atoms with Crippen molar-refractivity contribution in [1.82, 2.24) is 9.55 Å². The second-order valence-electron chi connectivity index (χ2n) is 7.65. The Hall–Kier alpha value is -3.77. The van der Waals surface area contributed by atoms with Crippen LogP contribution in [0.15, 0.2) is 82.4 Å². The molecular weight excluding hydrogens is 420 g/mol. The maximum atomic E-state index is 13.7. The molecule has 2 aromatic heterocycles. The average Bonchev–Trinajstić information content (AvgIpc) is 2.82. The molecule has 0 aliphatic heterocycles. The summed E-state index contributed by atoms with van der Waals surface area (Å²) in [6.07, 6.45) is 0. The minimum Gasteiger partial charge on any atom is -0.497 e. The van der Waals surface area contributed by atoms with E-state index in [4.69, 9.17) is 9.72 Å². The van der Waals surface area contributed by atoms with Gasteiger partial charge in [0, 0.05) is 15.6 Å². The summed E-state index contributed by atoms with van der Waals surface area (Å²) in [5.41, 5.74) is 2.27. The lowest BCUT2D eigenvalue weighted by molar-refractivity contribution is 0.414. The number of hydrogen-bond acceptors (Lipinski definition) is 5. The van der Waals surface area contributed by atoms with Crippen LogP contribution in [0.4, 0.5) is 0 Å². The molecule has 5 aromatic rings. The summed E-state index contributed by atoms with van der Waals surface area (Å²) in [5.74, 6) is 1.29. The van der Waals surface area contributed by atoms with E-state index in [1.807, 2.05) is 73.7 Å². The van der Waals surface area contributed by atoms with Gasteiger partial charge in [0.05, 0.1) is 13.7 Å². The standard InChI is InChI=1S/C26H20N2O3S/c1-16-7-11-18(12-8-16)24-27-25-22(23(29)20-5-3-4-6-21(20)32-25)26(30)28(24)15-17-9-13-19(31-2)14-10-17/h3-14H,15H2,1-2H3. The van der Waals surface area contributed by atoms with Gasteiger partial charge >= 0.3 is 0 Å². The smallest absolute Gasteiger partial charge is 0.266 e. The zero-order valence-electron chi connectivity index (χ0n) is 17.7. The largest absolute Gasteiger partial charge is 0.497 e. The molecule has 0 saturated carbocycles. The summed E-state index contributed by atoms with van der Waals surface area (Å²) < 4.78 is 7.65. The van der Waals surface area contributed by atoms with Crippen LogP contribution in [-0.2, 0) is 6.54 Å². The topological polar surface area (TPSA) is 61.2 Å². The quantitative estimate of drug-likeness (QED) is 0.369. The summed E-state index contributed by atoms with van der Waals surface area (Å²) >= 11 is 1.37. The lowest BCUT2D eigenvalue weighted by Crippen LogP contribution is -2.27. The molecule has 5 rings (SSSR count). The maximum Gasteiger partial charge on any atom is 0.266 e. The van der Waals surface area contributed by atoms with Crippen molar-refractivity contribution >= 4 is 31.6 Å². The van der Waals surface area contributed by atoms with E-state index in [1.54, 1.807) is 17.7 Å². The second-order valence-corrected chi connectivity index (χ2v) is 8.68. The summed E-state index contributed by atoms with van der Waals surface area (Å²) in [6.45, 7) is 2.31. The monoisotopic (exact) mass is 440 g/mol. The highest BCUT2D eigenvalue weighted by molar-refractivity contribution is 7.24. The van der Waals surface area contributed by atoms with E-state index in [-0.39, 0.29) is 16.4 Å². The molecule has 0 spiro atoms. The molecule has 3 aromatic carbocycles. The van der Waals surface area contributed by atoms with Crippen LogP contribution in [0.3, 0.4) is 0 Å². The average molecular weight is 441 g/mol. The van der Waals surface area contributed by atoms with Crippen molar-refractivity contribution in [3.8, 4) is 17.1 Å². The van der Waals surface area contributed by atoms with Gasteiger partial charge in [0.2, 0.25) is 5.43 Å². The first kappa shape index (κ1) is 20.2. The molecule has 0 radical (unpaired) electrons. The maximum absolute atomic E-state index is 13.7. The van der Waals surface area contributed by atoms with Crippen LogP contribution in [0.25, 0.3) is 31.7 Å². The zero-order valence-corrected chi connectivity index (χ0v) is 18.5. The van der Waals surface area contributed by atoms with Crippen molar-refractivity contribution in [1.29, 1.82) is 0 Å². The fourth-order valence-corrected chi connectivity index (χ4v) is 4.81. The van der Waals surface area contributed by atoms with E-state index in [9.17, 15) is 9.59 Å². The highest BCUT2D eigenvalue weighted by atomic mass is 32.1. The van der Waals surface area contributed by atoms with Crippen LogP contribution < -0.4 is 15.7 Å². The van der Waals surface area contributed by atoms with Gasteiger partial charge in [-0.25, -0.2) is 4.98 Å². The van der Waals surface area contributed by atoms with E-state index in [0.717, 1.165) is 27.1 Å². The van der Waals surface area contributed by atoms with E-state index in [1.165, 1.54) is 11.3 Å². The molecule has 32 heavy (non-hydrogen) atoms. The van der Waals surface area contributed by atoms with Gasteiger partial charge in [-0.05, 0) is 36.8 Å². The SMILES string of the molecule is COc1ccc(Cn2c(-c3ccc(C)cc3)nc3sc4ccccc4c(=O)c3c2=O)cc1. The molecule has 5 nitrogen and oxygen atoms in total. The van der Waals surface area contributed by atoms with Crippen LogP contribution in [0.1, 0.15) is 11.1 Å². The second kappa shape index (κ2) is 8.05. The van der Waals surface area contributed by atoms with E-state index in [0.29, 0.717) is 22.6 Å². The fourth-order valence-electron chi connectivity index (χ4n) is 3.77. The predicted molar refractivity (Wildman–Crippen MR) is 130 cm³/mol. The Morgan fingerprint density at radius 3 is 2.38 bits per heavy atom. The van der Waals surface area contributed by atoms with Gasteiger partial charge in [-0.1, -0.05) is 54.1 Å². The van der Waals surface area contributed by atoms with Gasteiger partial charge in [-0.2, -0.15) is 0 Å². The number of aryl methyl sites for hydroxylation is 1. The van der Waals surface area contributed by atoms with Gasteiger partial charge in [0.25, 0.3) is 5.56 Å². The molecule has 0 aliphatic carbocycles. The molecule has 0 unspecified atom stereocenters. The molecule has 0 amide bonds. The van der Waals surface area contributed by atoms with Crippen molar-refractivity contribution in [3.63, 3.8) is 0 Å². The van der Waals surface area contributed by atoms with Crippen molar-refractivity contribution < 1.29 is 4.74 Å². The lowest BCUT2D eigenvalue weighted by atomic mass is 10.1. The predicted octanol–water partition coefficient (Wildman–Crippen LogP) is 5.00. The molecule has 158 valence electrons. The Labute approximate surface area is 188 Å². The van der Waals surface area contributed by atoms with Crippen LogP contribution in [0.2, 0.25) is 0 Å². The van der Waals surface area contributed by atoms with Gasteiger partial charge in [-0.3, -0.25) is 14.2 Å². The summed E-state index contributed by atoms with van der Waals surface area (Å²) in [7, 11) is 1.61. The highest BCUT2D eigenvalue weighted by Crippen LogP contribution is 2.25. The van der Waals surface area contributed by atoms with Crippen molar-refractivity contribution in [3.05, 3.63) is 105 Å². The summed E-state index contributed by atoms with van der Waals surface area (Å²) in [6, 6.07) is 22.8. The molecule has 0 bridgehead atoms. The number of aromatic nitrogens is 2. The molecule has 2 heterocycles. The molecule has 0 atom stereocenters. The Morgan fingerprint density at radius 1 is 0.938 bits per heavy atom. The Morgan fingerprint density at radius 2 is 1.66 bits per heavy atom.